The highest BCUT2D eigenvalue weighted by Crippen LogP contribution is 2.32. The average Bonchev–Trinajstić information content (AvgIpc) is 3.17. The molecular formula is C20H17FN4O4S. The third-order valence-electron chi connectivity index (χ3n) is 4.41. The Bertz CT molecular complexity index is 1300. The molecule has 10 heteroatoms. The zero-order valence-corrected chi connectivity index (χ0v) is 16.9. The number of sulfonamides is 1. The van der Waals surface area contributed by atoms with Crippen molar-refractivity contribution in [1.82, 2.24) is 14.4 Å². The van der Waals surface area contributed by atoms with Crippen LogP contribution in [0.2, 0.25) is 0 Å². The molecule has 4 aromatic rings. The second kappa shape index (κ2) is 7.64. The minimum atomic E-state index is -4.08. The van der Waals surface area contributed by atoms with E-state index in [9.17, 15) is 12.8 Å². The monoisotopic (exact) mass is 428 g/mol. The molecule has 2 aromatic heterocycles. The van der Waals surface area contributed by atoms with E-state index >= 15 is 0 Å². The molecule has 0 atom stereocenters. The number of halogens is 1. The minimum absolute atomic E-state index is 0.0472. The number of nitrogens with one attached hydrogen (secondary N) is 1. The van der Waals surface area contributed by atoms with E-state index < -0.39 is 15.8 Å². The Hall–Kier alpha value is -3.66. The molecular weight excluding hydrogens is 411 g/mol. The van der Waals surface area contributed by atoms with Gasteiger partial charge in [0.05, 0.1) is 30.5 Å². The fraction of sp³-hybridized carbons (Fsp3) is 0.100. The summed E-state index contributed by atoms with van der Waals surface area (Å²) < 4.78 is 53.9. The number of ether oxygens (including phenoxy) is 2. The number of hydrogen-bond acceptors (Lipinski definition) is 6. The van der Waals surface area contributed by atoms with Gasteiger partial charge in [-0.2, -0.15) is 0 Å². The van der Waals surface area contributed by atoms with Gasteiger partial charge >= 0.3 is 0 Å². The molecule has 0 saturated carbocycles. The maximum absolute atomic E-state index is 14.0. The molecule has 0 fully saturated rings. The lowest BCUT2D eigenvalue weighted by Gasteiger charge is -2.13. The van der Waals surface area contributed by atoms with E-state index in [-0.39, 0.29) is 16.3 Å². The summed E-state index contributed by atoms with van der Waals surface area (Å²) in [5, 5.41) is 0. The van der Waals surface area contributed by atoms with Crippen LogP contribution in [-0.4, -0.2) is 37.0 Å². The van der Waals surface area contributed by atoms with Crippen LogP contribution in [0.4, 0.5) is 10.1 Å². The molecule has 2 heterocycles. The van der Waals surface area contributed by atoms with Crippen molar-refractivity contribution in [3.05, 3.63) is 66.9 Å². The number of anilines is 1. The summed E-state index contributed by atoms with van der Waals surface area (Å²) in [5.74, 6) is -0.00960. The predicted octanol–water partition coefficient (Wildman–Crippen LogP) is 3.35. The molecule has 0 unspecified atom stereocenters. The summed E-state index contributed by atoms with van der Waals surface area (Å²) in [5.41, 5.74) is 1.45. The number of aromatic nitrogens is 3. The van der Waals surface area contributed by atoms with Crippen LogP contribution in [-0.2, 0) is 10.0 Å². The first-order chi connectivity index (χ1) is 14.4. The van der Waals surface area contributed by atoms with E-state index in [0.717, 1.165) is 6.07 Å². The third-order valence-corrected chi connectivity index (χ3v) is 5.77. The molecule has 0 spiro atoms. The number of nitrogens with zero attached hydrogens (tertiary/aromatic N) is 3. The Labute approximate surface area is 172 Å². The Kier molecular flexibility index (Phi) is 5.00. The highest BCUT2D eigenvalue weighted by molar-refractivity contribution is 7.92. The van der Waals surface area contributed by atoms with E-state index in [4.69, 9.17) is 9.47 Å². The normalized spacial score (nSPS) is 11.4. The lowest BCUT2D eigenvalue weighted by Crippen LogP contribution is -2.14. The molecule has 30 heavy (non-hydrogen) atoms. The van der Waals surface area contributed by atoms with Gasteiger partial charge < -0.3 is 9.47 Å². The fourth-order valence-corrected chi connectivity index (χ4v) is 4.01. The highest BCUT2D eigenvalue weighted by atomic mass is 32.2. The van der Waals surface area contributed by atoms with Crippen molar-refractivity contribution in [2.75, 3.05) is 18.9 Å². The van der Waals surface area contributed by atoms with Crippen molar-refractivity contribution >= 4 is 21.5 Å². The maximum atomic E-state index is 14.0. The van der Waals surface area contributed by atoms with Gasteiger partial charge in [0.25, 0.3) is 10.0 Å². The summed E-state index contributed by atoms with van der Waals surface area (Å²) in [7, 11) is -1.35. The van der Waals surface area contributed by atoms with Crippen LogP contribution in [0, 0.1) is 5.82 Å². The van der Waals surface area contributed by atoms with Gasteiger partial charge in [0.2, 0.25) is 5.78 Å². The van der Waals surface area contributed by atoms with Crippen molar-refractivity contribution in [3.8, 4) is 22.8 Å². The van der Waals surface area contributed by atoms with Crippen LogP contribution in [0.25, 0.3) is 17.0 Å². The van der Waals surface area contributed by atoms with Crippen molar-refractivity contribution in [2.24, 2.45) is 0 Å². The summed E-state index contributed by atoms with van der Waals surface area (Å²) in [6.07, 6.45) is 5.22. The number of imidazole rings is 1. The first-order valence-electron chi connectivity index (χ1n) is 8.76. The Balaban J connectivity index is 1.72. The number of hydrogen-bond donors (Lipinski definition) is 1. The smallest absolute Gasteiger partial charge is 0.262 e. The lowest BCUT2D eigenvalue weighted by atomic mass is 10.1. The van der Waals surface area contributed by atoms with Crippen molar-refractivity contribution in [3.63, 3.8) is 0 Å². The van der Waals surface area contributed by atoms with E-state index in [1.54, 1.807) is 41.1 Å². The van der Waals surface area contributed by atoms with Crippen LogP contribution in [0.3, 0.4) is 0 Å². The zero-order chi connectivity index (χ0) is 21.3. The molecule has 154 valence electrons. The first kappa shape index (κ1) is 19.6. The van der Waals surface area contributed by atoms with Gasteiger partial charge in [0, 0.05) is 24.2 Å². The number of rotatable bonds is 6. The fourth-order valence-electron chi connectivity index (χ4n) is 2.93. The van der Waals surface area contributed by atoms with Gasteiger partial charge in [0.15, 0.2) is 11.6 Å². The molecule has 0 bridgehead atoms. The largest absolute Gasteiger partial charge is 0.495 e. The average molecular weight is 428 g/mol. The molecule has 0 aliphatic heterocycles. The highest BCUT2D eigenvalue weighted by Gasteiger charge is 2.20. The Morgan fingerprint density at radius 3 is 2.53 bits per heavy atom. The second-order valence-corrected chi connectivity index (χ2v) is 7.95. The number of benzene rings is 2. The van der Waals surface area contributed by atoms with E-state index in [1.807, 2.05) is 6.20 Å². The molecule has 1 N–H and O–H groups in total. The van der Waals surface area contributed by atoms with E-state index in [0.29, 0.717) is 22.8 Å². The van der Waals surface area contributed by atoms with Gasteiger partial charge in [-0.25, -0.2) is 22.8 Å². The quantitative estimate of drug-likeness (QED) is 0.506. The minimum Gasteiger partial charge on any atom is -0.495 e. The molecule has 2 aromatic carbocycles. The number of methoxy groups -OCH3 is 2. The van der Waals surface area contributed by atoms with Gasteiger partial charge in [-0.05, 0) is 42.5 Å². The second-order valence-electron chi connectivity index (χ2n) is 6.27. The van der Waals surface area contributed by atoms with Gasteiger partial charge in [-0.15, -0.1) is 0 Å². The summed E-state index contributed by atoms with van der Waals surface area (Å²) in [4.78, 5) is 8.36. The number of fused-ring (bicyclic) bond motifs is 1. The third kappa shape index (κ3) is 3.64. The molecule has 0 aliphatic carbocycles. The molecule has 4 rings (SSSR count). The van der Waals surface area contributed by atoms with Gasteiger partial charge in [-0.1, -0.05) is 0 Å². The van der Waals surface area contributed by atoms with E-state index in [1.165, 1.54) is 26.4 Å². The predicted molar refractivity (Wildman–Crippen MR) is 109 cm³/mol. The van der Waals surface area contributed by atoms with Gasteiger partial charge in [-0.3, -0.25) is 9.12 Å². The molecule has 8 nitrogen and oxygen atoms in total. The van der Waals surface area contributed by atoms with Crippen molar-refractivity contribution in [1.29, 1.82) is 0 Å². The lowest BCUT2D eigenvalue weighted by molar-refractivity contribution is 0.385. The van der Waals surface area contributed by atoms with Crippen LogP contribution >= 0.6 is 0 Å². The molecule has 0 radical (unpaired) electrons. The van der Waals surface area contributed by atoms with Crippen molar-refractivity contribution < 1.29 is 22.3 Å². The molecule has 0 aliphatic rings. The summed E-state index contributed by atoms with van der Waals surface area (Å²) >= 11 is 0. The van der Waals surface area contributed by atoms with Crippen LogP contribution in [0.15, 0.2) is 66.0 Å². The standard InChI is InChI=1S/C20H17FN4O4S/c1-28-18-7-5-14(11-15(18)21)30(26,27)24-16-10-13(4-6-19(16)29-2)17-12-25-9-3-8-22-20(25)23-17/h3-12,24H,1-2H3. The van der Waals surface area contributed by atoms with Gasteiger partial charge in [0.1, 0.15) is 5.75 Å². The first-order valence-corrected chi connectivity index (χ1v) is 10.2. The molecule has 0 saturated heterocycles. The van der Waals surface area contributed by atoms with Crippen LogP contribution in [0.1, 0.15) is 0 Å². The maximum Gasteiger partial charge on any atom is 0.262 e. The summed E-state index contributed by atoms with van der Waals surface area (Å²) in [6, 6.07) is 10.2. The van der Waals surface area contributed by atoms with Crippen LogP contribution in [0.5, 0.6) is 11.5 Å². The summed E-state index contributed by atoms with van der Waals surface area (Å²) in [6.45, 7) is 0. The zero-order valence-electron chi connectivity index (χ0n) is 16.0. The van der Waals surface area contributed by atoms with Crippen LogP contribution < -0.4 is 14.2 Å². The topological polar surface area (TPSA) is 94.8 Å². The van der Waals surface area contributed by atoms with E-state index in [2.05, 4.69) is 14.7 Å². The molecule has 0 amide bonds. The van der Waals surface area contributed by atoms with Crippen molar-refractivity contribution in [2.45, 2.75) is 4.90 Å². The Morgan fingerprint density at radius 2 is 1.83 bits per heavy atom. The Morgan fingerprint density at radius 1 is 1.07 bits per heavy atom. The SMILES string of the molecule is COc1ccc(S(=O)(=O)Nc2cc(-c3cn4cccnc4n3)ccc2OC)cc1F.